The molecule has 0 bridgehead atoms. The number of benzene rings is 1. The van der Waals surface area contributed by atoms with Crippen molar-refractivity contribution in [3.63, 3.8) is 0 Å². The summed E-state index contributed by atoms with van der Waals surface area (Å²) in [6.07, 6.45) is 1.36. The number of aromatic nitrogens is 1. The maximum atomic E-state index is 12.1. The largest absolute Gasteiger partial charge is 0.497 e. The second-order valence-electron chi connectivity index (χ2n) is 4.13. The molecule has 0 spiro atoms. The molecular weight excluding hydrogens is 345 g/mol. The number of ether oxygens (including phenoxy) is 1. The molecule has 1 aromatic carbocycles. The maximum Gasteiger partial charge on any atom is 0.260 e. The third-order valence-electron chi connectivity index (χ3n) is 2.63. The van der Waals surface area contributed by atoms with Crippen LogP contribution in [0, 0.1) is 0 Å². The number of hydrogen-bond acceptors (Lipinski definition) is 4. The molecule has 0 saturated heterocycles. The first-order chi connectivity index (χ1) is 10.5. The quantitative estimate of drug-likeness (QED) is 0.651. The minimum absolute atomic E-state index is 0.0501. The Bertz CT molecular complexity index is 708. The molecule has 2 N–H and O–H groups in total. The van der Waals surface area contributed by atoms with E-state index in [4.69, 9.17) is 40.2 Å². The summed E-state index contributed by atoms with van der Waals surface area (Å²) in [5.41, 5.74) is 0.856. The van der Waals surface area contributed by atoms with E-state index in [9.17, 15) is 4.79 Å². The number of rotatable bonds is 3. The van der Waals surface area contributed by atoms with Crippen LogP contribution >= 0.6 is 35.4 Å². The number of hydrogen-bond donors (Lipinski definition) is 2. The predicted octanol–water partition coefficient (Wildman–Crippen LogP) is 3.52. The van der Waals surface area contributed by atoms with E-state index < -0.39 is 5.91 Å². The average Bonchev–Trinajstić information content (AvgIpc) is 2.50. The summed E-state index contributed by atoms with van der Waals surface area (Å²) in [6, 6.07) is 8.49. The third-order valence-corrected chi connectivity index (χ3v) is 3.34. The molecule has 0 aliphatic rings. The zero-order chi connectivity index (χ0) is 16.1. The van der Waals surface area contributed by atoms with E-state index in [1.54, 1.807) is 31.4 Å². The summed E-state index contributed by atoms with van der Waals surface area (Å²) in [4.78, 5) is 15.9. The van der Waals surface area contributed by atoms with Gasteiger partial charge in [-0.15, -0.1) is 0 Å². The second-order valence-corrected chi connectivity index (χ2v) is 5.33. The van der Waals surface area contributed by atoms with Crippen molar-refractivity contribution in [1.29, 1.82) is 0 Å². The van der Waals surface area contributed by atoms with Crippen molar-refractivity contribution < 1.29 is 9.53 Å². The Labute approximate surface area is 142 Å². The van der Waals surface area contributed by atoms with Gasteiger partial charge in [-0.25, -0.2) is 4.98 Å². The van der Waals surface area contributed by atoms with Gasteiger partial charge in [0.15, 0.2) is 5.11 Å². The molecule has 0 aliphatic heterocycles. The van der Waals surface area contributed by atoms with Gasteiger partial charge in [0.25, 0.3) is 5.91 Å². The summed E-state index contributed by atoms with van der Waals surface area (Å²) in [5, 5.41) is 5.87. The van der Waals surface area contributed by atoms with Crippen LogP contribution in [0.25, 0.3) is 0 Å². The topological polar surface area (TPSA) is 63.2 Å². The molecule has 0 saturated carbocycles. The van der Waals surface area contributed by atoms with Gasteiger partial charge < -0.3 is 10.1 Å². The highest BCUT2D eigenvalue weighted by Gasteiger charge is 2.13. The van der Waals surface area contributed by atoms with E-state index in [1.165, 1.54) is 12.3 Å². The highest BCUT2D eigenvalue weighted by Crippen LogP contribution is 2.18. The van der Waals surface area contributed by atoms with Crippen LogP contribution in [-0.4, -0.2) is 23.1 Å². The first-order valence-electron chi connectivity index (χ1n) is 6.07. The Morgan fingerprint density at radius 2 is 1.95 bits per heavy atom. The van der Waals surface area contributed by atoms with E-state index in [-0.39, 0.29) is 15.8 Å². The Morgan fingerprint density at radius 3 is 2.59 bits per heavy atom. The van der Waals surface area contributed by atoms with Crippen LogP contribution in [0.1, 0.15) is 10.4 Å². The summed E-state index contributed by atoms with van der Waals surface area (Å²) < 4.78 is 5.06. The molecule has 5 nitrogen and oxygen atoms in total. The lowest BCUT2D eigenvalue weighted by Crippen LogP contribution is -2.34. The zero-order valence-corrected chi connectivity index (χ0v) is 13.7. The van der Waals surface area contributed by atoms with E-state index in [0.29, 0.717) is 10.7 Å². The lowest BCUT2D eigenvalue weighted by Gasteiger charge is -2.10. The molecule has 22 heavy (non-hydrogen) atoms. The number of methoxy groups -OCH3 is 1. The summed E-state index contributed by atoms with van der Waals surface area (Å²) in [7, 11) is 1.58. The Balaban J connectivity index is 2.01. The zero-order valence-electron chi connectivity index (χ0n) is 11.4. The molecular formula is C14H11Cl2N3O2S. The van der Waals surface area contributed by atoms with E-state index in [0.717, 1.165) is 5.75 Å². The first-order valence-corrected chi connectivity index (χ1v) is 7.23. The molecule has 8 heteroatoms. The number of carbonyl (C=O) groups excluding carboxylic acids is 1. The molecule has 114 valence electrons. The van der Waals surface area contributed by atoms with Gasteiger partial charge in [0.05, 0.1) is 17.7 Å². The van der Waals surface area contributed by atoms with Crippen LogP contribution in [0.15, 0.2) is 36.5 Å². The van der Waals surface area contributed by atoms with Gasteiger partial charge in [-0.2, -0.15) is 0 Å². The predicted molar refractivity (Wildman–Crippen MR) is 90.9 cm³/mol. The smallest absolute Gasteiger partial charge is 0.260 e. The lowest BCUT2D eigenvalue weighted by atomic mass is 10.2. The Hall–Kier alpha value is -1.89. The third kappa shape index (κ3) is 4.30. The number of pyridine rings is 1. The number of amides is 1. The summed E-state index contributed by atoms with van der Waals surface area (Å²) in [5.74, 6) is 0.225. The van der Waals surface area contributed by atoms with Gasteiger partial charge in [-0.1, -0.05) is 23.2 Å². The number of nitrogens with zero attached hydrogens (tertiary/aromatic N) is 1. The van der Waals surface area contributed by atoms with Crippen molar-refractivity contribution in [3.05, 3.63) is 52.3 Å². The average molecular weight is 356 g/mol. The van der Waals surface area contributed by atoms with E-state index >= 15 is 0 Å². The van der Waals surface area contributed by atoms with Gasteiger partial charge in [0.1, 0.15) is 10.9 Å². The minimum atomic E-state index is -0.494. The van der Waals surface area contributed by atoms with Crippen molar-refractivity contribution in [2.24, 2.45) is 0 Å². The molecule has 0 atom stereocenters. The fourth-order valence-corrected chi connectivity index (χ4v) is 2.15. The van der Waals surface area contributed by atoms with Crippen LogP contribution < -0.4 is 15.4 Å². The van der Waals surface area contributed by atoms with E-state index in [1.807, 2.05) is 0 Å². The van der Waals surface area contributed by atoms with Gasteiger partial charge in [-0.05, 0) is 42.5 Å². The normalized spacial score (nSPS) is 9.95. The van der Waals surface area contributed by atoms with Crippen molar-refractivity contribution in [2.45, 2.75) is 0 Å². The van der Waals surface area contributed by atoms with Crippen molar-refractivity contribution in [2.75, 3.05) is 12.4 Å². The maximum absolute atomic E-state index is 12.1. The monoisotopic (exact) mass is 355 g/mol. The van der Waals surface area contributed by atoms with Crippen LogP contribution in [-0.2, 0) is 0 Å². The minimum Gasteiger partial charge on any atom is -0.497 e. The fraction of sp³-hybridized carbons (Fsp3) is 0.0714. The lowest BCUT2D eigenvalue weighted by molar-refractivity contribution is 0.0977. The summed E-state index contributed by atoms with van der Waals surface area (Å²) in [6.45, 7) is 0. The number of halogens is 2. The Kier molecular flexibility index (Phi) is 5.54. The molecule has 1 amide bonds. The molecule has 0 radical (unpaired) electrons. The number of anilines is 1. The van der Waals surface area contributed by atoms with Crippen LogP contribution in [0.4, 0.5) is 5.69 Å². The molecule has 1 aromatic heterocycles. The van der Waals surface area contributed by atoms with Crippen molar-refractivity contribution >= 4 is 52.1 Å². The summed E-state index contributed by atoms with van der Waals surface area (Å²) >= 11 is 16.7. The second kappa shape index (κ2) is 7.40. The SMILES string of the molecule is COc1ccc(NC(=S)NC(=O)c2cc(Cl)cnc2Cl)cc1. The van der Waals surface area contributed by atoms with Gasteiger partial charge in [0, 0.05) is 11.9 Å². The first kappa shape index (κ1) is 16.5. The van der Waals surface area contributed by atoms with Crippen LogP contribution in [0.3, 0.4) is 0 Å². The molecule has 0 unspecified atom stereocenters. The number of thiocarbonyl (C=S) groups is 1. The Morgan fingerprint density at radius 1 is 1.27 bits per heavy atom. The van der Waals surface area contributed by atoms with Gasteiger partial charge >= 0.3 is 0 Å². The molecule has 1 heterocycles. The number of carbonyl (C=O) groups is 1. The number of nitrogens with one attached hydrogen (secondary N) is 2. The van der Waals surface area contributed by atoms with E-state index in [2.05, 4.69) is 15.6 Å². The van der Waals surface area contributed by atoms with Crippen molar-refractivity contribution in [1.82, 2.24) is 10.3 Å². The standard InChI is InChI=1S/C14H11Cl2N3O2S/c1-21-10-4-2-9(3-5-10)18-14(22)19-13(20)11-6-8(15)7-17-12(11)16/h2-7H,1H3,(H2,18,19,20,22). The van der Waals surface area contributed by atoms with Gasteiger partial charge in [0.2, 0.25) is 0 Å². The molecule has 0 fully saturated rings. The van der Waals surface area contributed by atoms with Gasteiger partial charge in [-0.3, -0.25) is 10.1 Å². The molecule has 2 aromatic rings. The molecule has 0 aliphatic carbocycles. The highest BCUT2D eigenvalue weighted by molar-refractivity contribution is 7.80. The fourth-order valence-electron chi connectivity index (χ4n) is 1.59. The van der Waals surface area contributed by atoms with Crippen LogP contribution in [0.5, 0.6) is 5.75 Å². The molecule has 2 rings (SSSR count). The van der Waals surface area contributed by atoms with Crippen molar-refractivity contribution in [3.8, 4) is 5.75 Å². The van der Waals surface area contributed by atoms with Crippen LogP contribution in [0.2, 0.25) is 10.2 Å². The highest BCUT2D eigenvalue weighted by atomic mass is 35.5.